The highest BCUT2D eigenvalue weighted by Gasteiger charge is 2.26. The van der Waals surface area contributed by atoms with E-state index in [1.807, 2.05) is 0 Å². The predicted molar refractivity (Wildman–Crippen MR) is 51.5 cm³/mol. The number of ether oxygens (including phenoxy) is 3. The molecule has 2 saturated heterocycles. The van der Waals surface area contributed by atoms with E-state index in [0.717, 1.165) is 26.4 Å². The highest BCUT2D eigenvalue weighted by molar-refractivity contribution is 4.76. The molecule has 3 rings (SSSR count). The van der Waals surface area contributed by atoms with Gasteiger partial charge in [-0.05, 0) is 12.8 Å². The van der Waals surface area contributed by atoms with Gasteiger partial charge >= 0.3 is 0 Å². The smallest absolute Gasteiger partial charge is 0.104 e. The molecule has 2 atom stereocenters. The van der Waals surface area contributed by atoms with E-state index >= 15 is 0 Å². The van der Waals surface area contributed by atoms with Gasteiger partial charge in [0.15, 0.2) is 0 Å². The summed E-state index contributed by atoms with van der Waals surface area (Å²) in [4.78, 5) is 0. The van der Waals surface area contributed by atoms with Crippen LogP contribution >= 0.6 is 0 Å². The fourth-order valence-electron chi connectivity index (χ4n) is 1.22. The van der Waals surface area contributed by atoms with Crippen LogP contribution in [0.1, 0.15) is 12.8 Å². The first-order chi connectivity index (χ1) is 7.24. The van der Waals surface area contributed by atoms with Crippen LogP contribution in [0.15, 0.2) is 0 Å². The van der Waals surface area contributed by atoms with Crippen LogP contribution in [0.5, 0.6) is 0 Å². The van der Waals surface area contributed by atoms with Crippen LogP contribution in [0, 0.1) is 0 Å². The standard InChI is InChI=1S/C6H10O3.C4H8O2/c1(5-3-8-5)7-2-6-4-9-6;5-3-1-4(6)2-3/h5-6H,1-4H2;3-6H,1-2H2. The van der Waals surface area contributed by atoms with Gasteiger partial charge in [0.05, 0.1) is 38.6 Å². The lowest BCUT2D eigenvalue weighted by atomic mass is 9.93. The Bertz CT molecular complexity index is 166. The monoisotopic (exact) mass is 218 g/mol. The molecule has 0 bridgehead atoms. The van der Waals surface area contributed by atoms with E-state index in [2.05, 4.69) is 0 Å². The Morgan fingerprint density at radius 2 is 1.33 bits per heavy atom. The zero-order chi connectivity index (χ0) is 10.7. The summed E-state index contributed by atoms with van der Waals surface area (Å²) in [5.41, 5.74) is 0. The summed E-state index contributed by atoms with van der Waals surface area (Å²) in [5, 5.41) is 16.9. The largest absolute Gasteiger partial charge is 0.393 e. The molecule has 0 aromatic rings. The van der Waals surface area contributed by atoms with Crippen LogP contribution in [-0.4, -0.2) is 61.1 Å². The van der Waals surface area contributed by atoms with Crippen LogP contribution in [-0.2, 0) is 14.2 Å². The number of rotatable bonds is 4. The maximum absolute atomic E-state index is 8.46. The number of aliphatic hydroxyl groups is 2. The van der Waals surface area contributed by atoms with E-state index in [1.165, 1.54) is 0 Å². The van der Waals surface area contributed by atoms with Crippen LogP contribution in [0.3, 0.4) is 0 Å². The SMILES string of the molecule is C(OCC1CO1)C1CO1.OC1CC(O)C1. The molecule has 88 valence electrons. The molecule has 5 nitrogen and oxygen atoms in total. The van der Waals surface area contributed by atoms with Gasteiger partial charge in [0.2, 0.25) is 0 Å². The molecule has 5 heteroatoms. The summed E-state index contributed by atoms with van der Waals surface area (Å²) in [7, 11) is 0. The van der Waals surface area contributed by atoms with Gasteiger partial charge in [-0.15, -0.1) is 0 Å². The summed E-state index contributed by atoms with van der Waals surface area (Å²) in [6, 6.07) is 0. The van der Waals surface area contributed by atoms with Gasteiger partial charge in [-0.1, -0.05) is 0 Å². The van der Waals surface area contributed by atoms with E-state index in [1.54, 1.807) is 0 Å². The van der Waals surface area contributed by atoms with Crippen molar-refractivity contribution in [3.05, 3.63) is 0 Å². The molecule has 0 amide bonds. The maximum atomic E-state index is 8.46. The molecular formula is C10H18O5. The number of hydrogen-bond acceptors (Lipinski definition) is 5. The van der Waals surface area contributed by atoms with Crippen molar-refractivity contribution in [2.24, 2.45) is 0 Å². The molecule has 2 heterocycles. The molecule has 2 aliphatic heterocycles. The van der Waals surface area contributed by atoms with Crippen molar-refractivity contribution < 1.29 is 24.4 Å². The molecular weight excluding hydrogens is 200 g/mol. The quantitative estimate of drug-likeness (QED) is 0.610. The second-order valence-corrected chi connectivity index (χ2v) is 4.23. The van der Waals surface area contributed by atoms with Crippen LogP contribution in [0.25, 0.3) is 0 Å². The Hall–Kier alpha value is -0.200. The zero-order valence-electron chi connectivity index (χ0n) is 8.67. The van der Waals surface area contributed by atoms with Crippen LogP contribution < -0.4 is 0 Å². The van der Waals surface area contributed by atoms with Crippen molar-refractivity contribution in [2.45, 2.75) is 37.3 Å². The van der Waals surface area contributed by atoms with E-state index in [0.29, 0.717) is 25.0 Å². The van der Waals surface area contributed by atoms with Crippen LogP contribution in [0.4, 0.5) is 0 Å². The number of aliphatic hydroxyl groups excluding tert-OH is 2. The second-order valence-electron chi connectivity index (χ2n) is 4.23. The third kappa shape index (κ3) is 4.90. The summed E-state index contributed by atoms with van der Waals surface area (Å²) >= 11 is 0. The molecule has 0 aromatic heterocycles. The first-order valence-electron chi connectivity index (χ1n) is 5.41. The molecule has 0 spiro atoms. The minimum Gasteiger partial charge on any atom is -0.393 e. The predicted octanol–water partition coefficient (Wildman–Crippen LogP) is -0.697. The number of epoxide rings is 2. The van der Waals surface area contributed by atoms with E-state index in [9.17, 15) is 0 Å². The van der Waals surface area contributed by atoms with Gasteiger partial charge in [-0.2, -0.15) is 0 Å². The minimum absolute atomic E-state index is 0.208. The molecule has 3 fully saturated rings. The average molecular weight is 218 g/mol. The van der Waals surface area contributed by atoms with Gasteiger partial charge in [-0.3, -0.25) is 0 Å². The Balaban J connectivity index is 0.000000124. The van der Waals surface area contributed by atoms with Gasteiger partial charge in [0, 0.05) is 0 Å². The second kappa shape index (κ2) is 5.23. The topological polar surface area (TPSA) is 74.8 Å². The van der Waals surface area contributed by atoms with Crippen molar-refractivity contribution >= 4 is 0 Å². The first kappa shape index (κ1) is 11.3. The Kier molecular flexibility index (Phi) is 3.93. The molecule has 3 aliphatic rings. The minimum atomic E-state index is -0.208. The molecule has 15 heavy (non-hydrogen) atoms. The lowest BCUT2D eigenvalue weighted by molar-refractivity contribution is -0.0250. The van der Waals surface area contributed by atoms with Crippen molar-refractivity contribution in [1.29, 1.82) is 0 Å². The molecule has 2 unspecified atom stereocenters. The van der Waals surface area contributed by atoms with E-state index in [-0.39, 0.29) is 12.2 Å². The van der Waals surface area contributed by atoms with Gasteiger partial charge in [0.1, 0.15) is 12.2 Å². The third-order valence-electron chi connectivity index (χ3n) is 2.50. The average Bonchev–Trinajstić information content (AvgIpc) is 2.97. The fraction of sp³-hybridized carbons (Fsp3) is 1.00. The van der Waals surface area contributed by atoms with Crippen molar-refractivity contribution in [2.75, 3.05) is 26.4 Å². The van der Waals surface area contributed by atoms with Crippen molar-refractivity contribution in [3.8, 4) is 0 Å². The molecule has 2 N–H and O–H groups in total. The summed E-state index contributed by atoms with van der Waals surface area (Å²) in [5.74, 6) is 0. The lowest BCUT2D eigenvalue weighted by Gasteiger charge is -2.25. The van der Waals surface area contributed by atoms with Gasteiger partial charge < -0.3 is 24.4 Å². The Morgan fingerprint density at radius 1 is 0.933 bits per heavy atom. The van der Waals surface area contributed by atoms with Crippen molar-refractivity contribution in [3.63, 3.8) is 0 Å². The highest BCUT2D eigenvalue weighted by atomic mass is 16.6. The molecule has 0 aromatic carbocycles. The fourth-order valence-corrected chi connectivity index (χ4v) is 1.22. The summed E-state index contributed by atoms with van der Waals surface area (Å²) < 4.78 is 15.1. The Morgan fingerprint density at radius 3 is 1.53 bits per heavy atom. The summed E-state index contributed by atoms with van der Waals surface area (Å²) in [6.45, 7) is 3.26. The molecule has 1 saturated carbocycles. The highest BCUT2D eigenvalue weighted by Crippen LogP contribution is 2.18. The third-order valence-corrected chi connectivity index (χ3v) is 2.50. The first-order valence-corrected chi connectivity index (χ1v) is 5.41. The van der Waals surface area contributed by atoms with Crippen molar-refractivity contribution in [1.82, 2.24) is 0 Å². The summed E-state index contributed by atoms with van der Waals surface area (Å²) in [6.07, 6.45) is 1.53. The molecule has 0 radical (unpaired) electrons. The molecule has 1 aliphatic carbocycles. The Labute approximate surface area is 88.9 Å². The van der Waals surface area contributed by atoms with Gasteiger partial charge in [-0.25, -0.2) is 0 Å². The normalized spacial score (nSPS) is 41.2. The number of hydrogen-bond donors (Lipinski definition) is 2. The lowest BCUT2D eigenvalue weighted by Crippen LogP contribution is -2.32. The van der Waals surface area contributed by atoms with E-state index < -0.39 is 0 Å². The van der Waals surface area contributed by atoms with E-state index in [4.69, 9.17) is 24.4 Å². The zero-order valence-corrected chi connectivity index (χ0v) is 8.67. The van der Waals surface area contributed by atoms with Crippen LogP contribution in [0.2, 0.25) is 0 Å². The maximum Gasteiger partial charge on any atom is 0.104 e. The van der Waals surface area contributed by atoms with Gasteiger partial charge in [0.25, 0.3) is 0 Å².